The van der Waals surface area contributed by atoms with Crippen molar-refractivity contribution in [2.24, 2.45) is 0 Å². The first-order chi connectivity index (χ1) is 18.9. The number of ether oxygens (including phenoxy) is 1. The first-order valence-electron chi connectivity index (χ1n) is 12.8. The van der Waals surface area contributed by atoms with Crippen molar-refractivity contribution in [3.05, 3.63) is 89.2 Å². The molecule has 1 aliphatic rings. The van der Waals surface area contributed by atoms with Crippen molar-refractivity contribution < 1.29 is 24.2 Å². The van der Waals surface area contributed by atoms with E-state index in [2.05, 4.69) is 15.6 Å². The van der Waals surface area contributed by atoms with E-state index >= 15 is 0 Å². The summed E-state index contributed by atoms with van der Waals surface area (Å²) in [4.78, 5) is 46.6. The molecular formula is C29H33N5O5. The largest absolute Gasteiger partial charge is 0.491 e. The van der Waals surface area contributed by atoms with Crippen molar-refractivity contribution in [2.75, 3.05) is 31.2 Å². The molecule has 0 saturated carbocycles. The van der Waals surface area contributed by atoms with Gasteiger partial charge in [0, 0.05) is 49.3 Å². The molecule has 10 nitrogen and oxygen atoms in total. The molecule has 10 heteroatoms. The van der Waals surface area contributed by atoms with Crippen LogP contribution in [0.1, 0.15) is 34.0 Å². The van der Waals surface area contributed by atoms with Gasteiger partial charge in [-0.25, -0.2) is 4.79 Å². The number of benzene rings is 2. The number of para-hydroxylation sites is 1. The van der Waals surface area contributed by atoms with E-state index in [0.717, 1.165) is 22.4 Å². The highest BCUT2D eigenvalue weighted by molar-refractivity contribution is 6.07. The minimum atomic E-state index is -0.385. The van der Waals surface area contributed by atoms with Crippen molar-refractivity contribution in [2.45, 2.75) is 33.0 Å². The normalized spacial score (nSPS) is 14.7. The van der Waals surface area contributed by atoms with Crippen LogP contribution in [-0.4, -0.2) is 65.2 Å². The van der Waals surface area contributed by atoms with E-state index < -0.39 is 0 Å². The van der Waals surface area contributed by atoms with Crippen LogP contribution in [-0.2, 0) is 17.9 Å². The Morgan fingerprint density at radius 2 is 1.92 bits per heavy atom. The summed E-state index contributed by atoms with van der Waals surface area (Å²) in [6.45, 7) is 4.52. The third-order valence-electron chi connectivity index (χ3n) is 6.51. The van der Waals surface area contributed by atoms with Crippen LogP contribution in [0.15, 0.2) is 67.0 Å². The number of aliphatic hydroxyl groups is 1. The number of amides is 4. The summed E-state index contributed by atoms with van der Waals surface area (Å²) in [7, 11) is 0. The molecule has 0 fully saturated rings. The van der Waals surface area contributed by atoms with Gasteiger partial charge in [0.1, 0.15) is 12.4 Å². The Kier molecular flexibility index (Phi) is 9.11. The maximum absolute atomic E-state index is 13.8. The summed E-state index contributed by atoms with van der Waals surface area (Å²) in [5, 5.41) is 14.5. The third kappa shape index (κ3) is 6.91. The van der Waals surface area contributed by atoms with E-state index in [1.54, 1.807) is 46.5 Å². The number of aryl methyl sites for hydroxylation is 1. The number of aliphatic hydroxyl groups excluding tert-OH is 1. The lowest BCUT2D eigenvalue weighted by Gasteiger charge is -2.29. The van der Waals surface area contributed by atoms with Gasteiger partial charge in [-0.05, 0) is 60.9 Å². The quantitative estimate of drug-likeness (QED) is 0.411. The smallest absolute Gasteiger partial charge is 0.318 e. The zero-order chi connectivity index (χ0) is 27.8. The molecule has 3 aromatic rings. The molecule has 0 radical (unpaired) electrons. The van der Waals surface area contributed by atoms with Crippen molar-refractivity contribution in [3.63, 3.8) is 0 Å². The number of rotatable bonds is 8. The predicted molar refractivity (Wildman–Crippen MR) is 146 cm³/mol. The van der Waals surface area contributed by atoms with Gasteiger partial charge in [-0.2, -0.15) is 0 Å². The maximum atomic E-state index is 13.8. The predicted octanol–water partition coefficient (Wildman–Crippen LogP) is 2.64. The molecule has 39 heavy (non-hydrogen) atoms. The van der Waals surface area contributed by atoms with E-state index in [1.807, 2.05) is 44.2 Å². The first-order valence-corrected chi connectivity index (χ1v) is 12.8. The topological polar surface area (TPSA) is 124 Å². The Labute approximate surface area is 227 Å². The number of nitrogens with zero attached hydrogens (tertiary/aromatic N) is 3. The van der Waals surface area contributed by atoms with Crippen molar-refractivity contribution in [1.82, 2.24) is 20.5 Å². The lowest BCUT2D eigenvalue weighted by Crippen LogP contribution is -2.50. The van der Waals surface area contributed by atoms with Crippen LogP contribution in [0.2, 0.25) is 0 Å². The summed E-state index contributed by atoms with van der Waals surface area (Å²) < 4.78 is 5.47. The molecule has 2 aromatic carbocycles. The highest BCUT2D eigenvalue weighted by Gasteiger charge is 2.32. The van der Waals surface area contributed by atoms with E-state index in [-0.39, 0.29) is 56.7 Å². The van der Waals surface area contributed by atoms with Crippen LogP contribution in [0.3, 0.4) is 0 Å². The molecule has 204 valence electrons. The molecule has 0 spiro atoms. The molecule has 0 bridgehead atoms. The number of urea groups is 1. The summed E-state index contributed by atoms with van der Waals surface area (Å²) in [6.07, 6.45) is 3.33. The molecular weight excluding hydrogens is 498 g/mol. The summed E-state index contributed by atoms with van der Waals surface area (Å²) in [5.41, 5.74) is 3.70. The number of aromatic nitrogens is 1. The Bertz CT molecular complexity index is 1320. The fourth-order valence-electron chi connectivity index (χ4n) is 4.47. The number of fused-ring (bicyclic) bond motifs is 1. The number of hydrogen-bond donors (Lipinski definition) is 3. The molecule has 1 aromatic heterocycles. The summed E-state index contributed by atoms with van der Waals surface area (Å²) in [5.74, 6) is 0.0846. The zero-order valence-electron chi connectivity index (χ0n) is 22.1. The number of hydrogen-bond acceptors (Lipinski definition) is 6. The molecule has 1 aliphatic heterocycles. The highest BCUT2D eigenvalue weighted by atomic mass is 16.5. The summed E-state index contributed by atoms with van der Waals surface area (Å²) in [6, 6.07) is 15.7. The van der Waals surface area contributed by atoms with E-state index in [4.69, 9.17) is 9.84 Å². The Balaban J connectivity index is 1.45. The van der Waals surface area contributed by atoms with Gasteiger partial charge in [0.15, 0.2) is 0 Å². The molecule has 4 amide bonds. The minimum absolute atomic E-state index is 0.0949. The molecule has 0 unspecified atom stereocenters. The maximum Gasteiger partial charge on any atom is 0.318 e. The van der Waals surface area contributed by atoms with Gasteiger partial charge >= 0.3 is 6.03 Å². The fourth-order valence-corrected chi connectivity index (χ4v) is 4.47. The first kappa shape index (κ1) is 27.6. The van der Waals surface area contributed by atoms with Gasteiger partial charge in [-0.3, -0.25) is 14.6 Å². The second kappa shape index (κ2) is 12.9. The van der Waals surface area contributed by atoms with Gasteiger partial charge in [0.05, 0.1) is 13.2 Å². The number of nitrogens with one attached hydrogen (secondary N) is 2. The molecule has 3 N–H and O–H groups in total. The molecule has 2 heterocycles. The van der Waals surface area contributed by atoms with Crippen molar-refractivity contribution in [3.8, 4) is 5.75 Å². The zero-order valence-corrected chi connectivity index (χ0v) is 22.1. The van der Waals surface area contributed by atoms with Gasteiger partial charge in [0.2, 0.25) is 5.91 Å². The second-order valence-electron chi connectivity index (χ2n) is 9.37. The Hall–Kier alpha value is -4.44. The van der Waals surface area contributed by atoms with Crippen LogP contribution in [0, 0.1) is 6.92 Å². The van der Waals surface area contributed by atoms with E-state index in [1.165, 1.54) is 0 Å². The average Bonchev–Trinajstić information content (AvgIpc) is 3.10. The number of anilines is 1. The standard InChI is InChI=1S/C29H33N5O5/c1-20-14-24(39-13-12-35)9-10-25(20)28(37)34-18-21(2)33(19-23-7-3-4-8-26(23)34)29(38)32-17-27(36)31-16-22-6-5-11-30-15-22/h3-11,14-15,21,35H,12-13,16-19H2,1-2H3,(H,31,36)(H,32,38)/t21-/m1/s1. The number of carbonyl (C=O) groups is 3. The molecule has 0 saturated heterocycles. The average molecular weight is 532 g/mol. The Morgan fingerprint density at radius 3 is 2.67 bits per heavy atom. The highest BCUT2D eigenvalue weighted by Crippen LogP contribution is 2.30. The third-order valence-corrected chi connectivity index (χ3v) is 6.51. The number of carbonyl (C=O) groups excluding carboxylic acids is 3. The fraction of sp³-hybridized carbons (Fsp3) is 0.310. The monoisotopic (exact) mass is 531 g/mol. The van der Waals surface area contributed by atoms with Crippen LogP contribution in [0.25, 0.3) is 0 Å². The lowest BCUT2D eigenvalue weighted by molar-refractivity contribution is -0.120. The van der Waals surface area contributed by atoms with Crippen LogP contribution in [0.5, 0.6) is 5.75 Å². The van der Waals surface area contributed by atoms with Crippen LogP contribution in [0.4, 0.5) is 10.5 Å². The van der Waals surface area contributed by atoms with Gasteiger partial charge in [-0.15, -0.1) is 0 Å². The van der Waals surface area contributed by atoms with E-state index in [9.17, 15) is 14.4 Å². The second-order valence-corrected chi connectivity index (χ2v) is 9.37. The van der Waals surface area contributed by atoms with E-state index in [0.29, 0.717) is 17.9 Å². The summed E-state index contributed by atoms with van der Waals surface area (Å²) >= 11 is 0. The minimum Gasteiger partial charge on any atom is -0.491 e. The number of pyridine rings is 1. The SMILES string of the molecule is Cc1cc(OCCO)ccc1C(=O)N1C[C@@H](C)N(C(=O)NCC(=O)NCc2cccnc2)Cc2ccccc21. The van der Waals surface area contributed by atoms with Crippen molar-refractivity contribution >= 4 is 23.5 Å². The van der Waals surface area contributed by atoms with Crippen LogP contribution < -0.4 is 20.3 Å². The van der Waals surface area contributed by atoms with Crippen molar-refractivity contribution in [1.29, 1.82) is 0 Å². The lowest BCUT2D eigenvalue weighted by atomic mass is 10.1. The van der Waals surface area contributed by atoms with Gasteiger partial charge in [-0.1, -0.05) is 24.3 Å². The Morgan fingerprint density at radius 1 is 1.10 bits per heavy atom. The van der Waals surface area contributed by atoms with Gasteiger partial charge < -0.3 is 30.3 Å². The molecule has 0 aliphatic carbocycles. The van der Waals surface area contributed by atoms with Crippen LogP contribution >= 0.6 is 0 Å². The molecule has 1 atom stereocenters. The molecule has 4 rings (SSSR count). The van der Waals surface area contributed by atoms with Gasteiger partial charge in [0.25, 0.3) is 5.91 Å².